The summed E-state index contributed by atoms with van der Waals surface area (Å²) in [5.41, 5.74) is 0.370. The lowest BCUT2D eigenvalue weighted by molar-refractivity contribution is 0.173. The molecule has 2 amide bonds. The van der Waals surface area contributed by atoms with Gasteiger partial charge in [-0.2, -0.15) is 11.8 Å². The summed E-state index contributed by atoms with van der Waals surface area (Å²) in [6, 6.07) is 3.71. The molecule has 4 nitrogen and oxygen atoms in total. The number of rotatable bonds is 7. The lowest BCUT2D eigenvalue weighted by Gasteiger charge is -2.13. The lowest BCUT2D eigenvalue weighted by Crippen LogP contribution is -2.38. The SMILES string of the molecule is CSCCCNC(=O)NCC(O)c1ccc(Cl)c(F)c1. The molecule has 1 unspecified atom stereocenters. The topological polar surface area (TPSA) is 61.4 Å². The Bertz CT molecular complexity index is 448. The molecule has 0 aliphatic carbocycles. The van der Waals surface area contributed by atoms with Gasteiger partial charge in [0.15, 0.2) is 0 Å². The van der Waals surface area contributed by atoms with E-state index < -0.39 is 11.9 Å². The second kappa shape index (κ2) is 9.05. The van der Waals surface area contributed by atoms with Gasteiger partial charge in [-0.25, -0.2) is 9.18 Å². The van der Waals surface area contributed by atoms with Crippen LogP contribution in [0.2, 0.25) is 5.02 Å². The van der Waals surface area contributed by atoms with Gasteiger partial charge in [0.05, 0.1) is 11.1 Å². The predicted octanol–water partition coefficient (Wildman–Crippen LogP) is 2.56. The smallest absolute Gasteiger partial charge is 0.314 e. The number of carbonyl (C=O) groups excluding carboxylic acids is 1. The van der Waals surface area contributed by atoms with Crippen LogP contribution in [-0.2, 0) is 0 Å². The van der Waals surface area contributed by atoms with Gasteiger partial charge in [0.25, 0.3) is 0 Å². The van der Waals surface area contributed by atoms with Crippen LogP contribution in [0.5, 0.6) is 0 Å². The molecule has 1 aromatic rings. The first kappa shape index (κ1) is 17.1. The number of thioether (sulfide) groups is 1. The highest BCUT2D eigenvalue weighted by atomic mass is 35.5. The van der Waals surface area contributed by atoms with Crippen molar-refractivity contribution in [1.82, 2.24) is 10.6 Å². The zero-order valence-corrected chi connectivity index (χ0v) is 12.7. The van der Waals surface area contributed by atoms with Crippen molar-refractivity contribution in [3.05, 3.63) is 34.6 Å². The maximum Gasteiger partial charge on any atom is 0.314 e. The van der Waals surface area contributed by atoms with Crippen molar-refractivity contribution in [3.8, 4) is 0 Å². The number of amides is 2. The van der Waals surface area contributed by atoms with Crippen LogP contribution in [0.15, 0.2) is 18.2 Å². The van der Waals surface area contributed by atoms with E-state index in [-0.39, 0.29) is 17.6 Å². The number of aliphatic hydroxyl groups is 1. The molecule has 0 saturated heterocycles. The molecule has 0 aliphatic rings. The summed E-state index contributed by atoms with van der Waals surface area (Å²) < 4.78 is 13.2. The summed E-state index contributed by atoms with van der Waals surface area (Å²) >= 11 is 7.27. The fraction of sp³-hybridized carbons (Fsp3) is 0.462. The summed E-state index contributed by atoms with van der Waals surface area (Å²) in [4.78, 5) is 11.4. The van der Waals surface area contributed by atoms with E-state index in [0.717, 1.165) is 18.2 Å². The van der Waals surface area contributed by atoms with Crippen LogP contribution < -0.4 is 10.6 Å². The standard InChI is InChI=1S/C13H18ClFN2O2S/c1-20-6-2-5-16-13(19)17-8-12(18)9-3-4-10(14)11(15)7-9/h3-4,7,12,18H,2,5-6,8H2,1H3,(H2,16,17,19). The minimum atomic E-state index is -0.973. The minimum Gasteiger partial charge on any atom is -0.387 e. The van der Waals surface area contributed by atoms with E-state index in [1.807, 2.05) is 6.26 Å². The molecule has 0 aromatic heterocycles. The van der Waals surface area contributed by atoms with Crippen LogP contribution in [0.1, 0.15) is 18.1 Å². The Hall–Kier alpha value is -0.980. The number of halogens is 2. The molecule has 7 heteroatoms. The molecule has 0 fully saturated rings. The Morgan fingerprint density at radius 2 is 2.25 bits per heavy atom. The van der Waals surface area contributed by atoms with E-state index in [1.165, 1.54) is 12.1 Å². The number of hydrogen-bond acceptors (Lipinski definition) is 3. The first-order chi connectivity index (χ1) is 9.54. The van der Waals surface area contributed by atoms with Gasteiger partial charge < -0.3 is 15.7 Å². The average molecular weight is 321 g/mol. The number of urea groups is 1. The van der Waals surface area contributed by atoms with Crippen LogP contribution in [0.25, 0.3) is 0 Å². The van der Waals surface area contributed by atoms with Gasteiger partial charge in [-0.05, 0) is 36.1 Å². The van der Waals surface area contributed by atoms with Crippen LogP contribution in [0.3, 0.4) is 0 Å². The molecule has 1 rings (SSSR count). The van der Waals surface area contributed by atoms with Gasteiger partial charge in [-0.15, -0.1) is 0 Å². The van der Waals surface area contributed by atoms with Gasteiger partial charge in [-0.3, -0.25) is 0 Å². The number of nitrogens with one attached hydrogen (secondary N) is 2. The van der Waals surface area contributed by atoms with Gasteiger partial charge in [0, 0.05) is 13.1 Å². The second-order valence-corrected chi connectivity index (χ2v) is 5.57. The predicted molar refractivity (Wildman–Crippen MR) is 80.8 cm³/mol. The van der Waals surface area contributed by atoms with Crippen LogP contribution in [0.4, 0.5) is 9.18 Å². The van der Waals surface area contributed by atoms with Crippen LogP contribution in [-0.4, -0.2) is 36.2 Å². The van der Waals surface area contributed by atoms with Gasteiger partial charge in [-0.1, -0.05) is 17.7 Å². The fourth-order valence-electron chi connectivity index (χ4n) is 1.51. The molecule has 112 valence electrons. The van der Waals surface area contributed by atoms with Crippen molar-refractivity contribution < 1.29 is 14.3 Å². The van der Waals surface area contributed by atoms with Crippen LogP contribution in [0, 0.1) is 5.82 Å². The van der Waals surface area contributed by atoms with Crippen molar-refractivity contribution in [1.29, 1.82) is 0 Å². The molecule has 0 spiro atoms. The van der Waals surface area contributed by atoms with E-state index >= 15 is 0 Å². The molecule has 0 heterocycles. The third kappa shape index (κ3) is 5.98. The molecule has 0 saturated carbocycles. The highest BCUT2D eigenvalue weighted by molar-refractivity contribution is 7.98. The first-order valence-corrected chi connectivity index (χ1v) is 7.95. The number of benzene rings is 1. The average Bonchev–Trinajstić information content (AvgIpc) is 2.44. The summed E-state index contributed by atoms with van der Waals surface area (Å²) in [7, 11) is 0. The molecule has 1 aromatic carbocycles. The van der Waals surface area contributed by atoms with Crippen molar-refractivity contribution in [3.63, 3.8) is 0 Å². The first-order valence-electron chi connectivity index (χ1n) is 6.18. The number of carbonyl (C=O) groups is 1. The summed E-state index contributed by atoms with van der Waals surface area (Å²) in [6.45, 7) is 0.591. The highest BCUT2D eigenvalue weighted by Crippen LogP contribution is 2.19. The van der Waals surface area contributed by atoms with Gasteiger partial charge >= 0.3 is 6.03 Å². The zero-order chi connectivity index (χ0) is 15.0. The van der Waals surface area contributed by atoms with Gasteiger partial charge in [0.1, 0.15) is 5.82 Å². The molecule has 1 atom stereocenters. The largest absolute Gasteiger partial charge is 0.387 e. The third-order valence-electron chi connectivity index (χ3n) is 2.60. The maximum atomic E-state index is 13.2. The maximum absolute atomic E-state index is 13.2. The van der Waals surface area contributed by atoms with E-state index in [1.54, 1.807) is 11.8 Å². The Kier molecular flexibility index (Phi) is 7.72. The second-order valence-electron chi connectivity index (χ2n) is 4.17. The Morgan fingerprint density at radius 1 is 1.50 bits per heavy atom. The number of hydrogen-bond donors (Lipinski definition) is 3. The number of aliphatic hydroxyl groups excluding tert-OH is 1. The highest BCUT2D eigenvalue weighted by Gasteiger charge is 2.11. The quantitative estimate of drug-likeness (QED) is 0.677. The Balaban J connectivity index is 2.33. The molecule has 3 N–H and O–H groups in total. The van der Waals surface area contributed by atoms with Crippen molar-refractivity contribution in [2.24, 2.45) is 0 Å². The summed E-state index contributed by atoms with van der Waals surface area (Å²) in [6.07, 6.45) is 1.92. The Morgan fingerprint density at radius 3 is 2.90 bits per heavy atom. The molecular formula is C13H18ClFN2O2S. The molecule has 0 bridgehead atoms. The van der Waals surface area contributed by atoms with E-state index in [9.17, 15) is 14.3 Å². The van der Waals surface area contributed by atoms with Crippen molar-refractivity contribution in [2.45, 2.75) is 12.5 Å². The zero-order valence-electron chi connectivity index (χ0n) is 11.2. The van der Waals surface area contributed by atoms with E-state index in [2.05, 4.69) is 10.6 Å². The molecule has 0 radical (unpaired) electrons. The minimum absolute atomic E-state index is 0.000413. The fourth-order valence-corrected chi connectivity index (χ4v) is 2.06. The Labute approximate surface area is 127 Å². The molecule has 20 heavy (non-hydrogen) atoms. The van der Waals surface area contributed by atoms with E-state index in [4.69, 9.17) is 11.6 Å². The summed E-state index contributed by atoms with van der Waals surface area (Å²) in [5.74, 6) is 0.386. The van der Waals surface area contributed by atoms with E-state index in [0.29, 0.717) is 12.1 Å². The monoisotopic (exact) mass is 320 g/mol. The molecular weight excluding hydrogens is 303 g/mol. The third-order valence-corrected chi connectivity index (χ3v) is 3.60. The molecule has 0 aliphatic heterocycles. The van der Waals surface area contributed by atoms with Crippen molar-refractivity contribution >= 4 is 29.4 Å². The lowest BCUT2D eigenvalue weighted by atomic mass is 10.1. The van der Waals surface area contributed by atoms with Gasteiger partial charge in [0.2, 0.25) is 0 Å². The normalized spacial score (nSPS) is 12.0. The van der Waals surface area contributed by atoms with Crippen molar-refractivity contribution in [2.75, 3.05) is 25.1 Å². The van der Waals surface area contributed by atoms with Crippen LogP contribution >= 0.6 is 23.4 Å². The summed E-state index contributed by atoms with van der Waals surface area (Å²) in [5, 5.41) is 15.0.